The molecule has 2 aromatic rings. The van der Waals surface area contributed by atoms with Crippen LogP contribution in [0.1, 0.15) is 16.5 Å². The SMILES string of the molecule is COc1cncc(C(O)c2ccc(Br)s2)c1. The molecule has 0 aliphatic rings. The topological polar surface area (TPSA) is 42.4 Å². The van der Waals surface area contributed by atoms with Crippen LogP contribution in [0.2, 0.25) is 0 Å². The number of halogens is 1. The van der Waals surface area contributed by atoms with E-state index in [0.29, 0.717) is 5.75 Å². The summed E-state index contributed by atoms with van der Waals surface area (Å²) >= 11 is 4.87. The van der Waals surface area contributed by atoms with Gasteiger partial charge < -0.3 is 9.84 Å². The zero-order chi connectivity index (χ0) is 11.5. The summed E-state index contributed by atoms with van der Waals surface area (Å²) in [6.07, 6.45) is 2.60. The van der Waals surface area contributed by atoms with Crippen molar-refractivity contribution < 1.29 is 9.84 Å². The second-order valence-corrected chi connectivity index (χ2v) is 5.70. The van der Waals surface area contributed by atoms with Crippen molar-refractivity contribution in [3.05, 3.63) is 44.8 Å². The van der Waals surface area contributed by atoms with Gasteiger partial charge in [-0.25, -0.2) is 0 Å². The largest absolute Gasteiger partial charge is 0.495 e. The van der Waals surface area contributed by atoms with Crippen molar-refractivity contribution in [3.8, 4) is 5.75 Å². The van der Waals surface area contributed by atoms with Gasteiger partial charge in [0.25, 0.3) is 0 Å². The Hall–Kier alpha value is -0.910. The van der Waals surface area contributed by atoms with E-state index in [2.05, 4.69) is 20.9 Å². The maximum atomic E-state index is 10.1. The van der Waals surface area contributed by atoms with Gasteiger partial charge in [0, 0.05) is 16.6 Å². The number of ether oxygens (including phenoxy) is 1. The summed E-state index contributed by atoms with van der Waals surface area (Å²) in [6, 6.07) is 5.58. The summed E-state index contributed by atoms with van der Waals surface area (Å²) in [5.41, 5.74) is 0.730. The molecule has 0 radical (unpaired) electrons. The molecule has 16 heavy (non-hydrogen) atoms. The molecule has 0 aliphatic heterocycles. The normalized spacial score (nSPS) is 12.4. The van der Waals surface area contributed by atoms with Crippen molar-refractivity contribution in [2.75, 3.05) is 7.11 Å². The third kappa shape index (κ3) is 2.42. The van der Waals surface area contributed by atoms with Gasteiger partial charge in [-0.05, 0) is 34.1 Å². The van der Waals surface area contributed by atoms with E-state index < -0.39 is 6.10 Å². The van der Waals surface area contributed by atoms with Crippen LogP contribution in [-0.4, -0.2) is 17.2 Å². The Balaban J connectivity index is 2.29. The van der Waals surface area contributed by atoms with Crippen LogP contribution in [0, 0.1) is 0 Å². The monoisotopic (exact) mass is 299 g/mol. The molecule has 0 saturated carbocycles. The van der Waals surface area contributed by atoms with E-state index in [0.717, 1.165) is 14.2 Å². The second kappa shape index (κ2) is 4.95. The standard InChI is InChI=1S/C11H10BrNO2S/c1-15-8-4-7(5-13-6-8)11(14)9-2-3-10(12)16-9/h2-6,11,14H,1H3. The highest BCUT2D eigenvalue weighted by atomic mass is 79.9. The summed E-state index contributed by atoms with van der Waals surface area (Å²) in [4.78, 5) is 4.89. The van der Waals surface area contributed by atoms with E-state index in [1.54, 1.807) is 25.6 Å². The molecule has 0 aromatic carbocycles. The number of hydrogen-bond acceptors (Lipinski definition) is 4. The Morgan fingerprint density at radius 1 is 1.44 bits per heavy atom. The quantitative estimate of drug-likeness (QED) is 0.947. The number of hydrogen-bond donors (Lipinski definition) is 1. The third-order valence-electron chi connectivity index (χ3n) is 2.15. The first kappa shape index (κ1) is 11.6. The molecule has 0 aliphatic carbocycles. The summed E-state index contributed by atoms with van der Waals surface area (Å²) < 4.78 is 6.06. The van der Waals surface area contributed by atoms with Crippen LogP contribution in [0.4, 0.5) is 0 Å². The number of rotatable bonds is 3. The lowest BCUT2D eigenvalue weighted by molar-refractivity contribution is 0.223. The van der Waals surface area contributed by atoms with Gasteiger partial charge in [-0.1, -0.05) is 0 Å². The summed E-state index contributed by atoms with van der Waals surface area (Å²) in [6.45, 7) is 0. The lowest BCUT2D eigenvalue weighted by Gasteiger charge is -2.09. The maximum absolute atomic E-state index is 10.1. The van der Waals surface area contributed by atoms with Gasteiger partial charge >= 0.3 is 0 Å². The van der Waals surface area contributed by atoms with Gasteiger partial charge in [-0.2, -0.15) is 0 Å². The molecule has 3 nitrogen and oxygen atoms in total. The number of nitrogens with zero attached hydrogens (tertiary/aromatic N) is 1. The number of pyridine rings is 1. The number of aromatic nitrogens is 1. The van der Waals surface area contributed by atoms with Gasteiger partial charge in [0.15, 0.2) is 0 Å². The van der Waals surface area contributed by atoms with E-state index in [4.69, 9.17) is 4.74 Å². The lowest BCUT2D eigenvalue weighted by Crippen LogP contribution is -1.98. The van der Waals surface area contributed by atoms with Crippen LogP contribution in [0.25, 0.3) is 0 Å². The predicted octanol–water partition coefficient (Wildman–Crippen LogP) is 3.00. The molecule has 0 spiro atoms. The average molecular weight is 300 g/mol. The van der Waals surface area contributed by atoms with Gasteiger partial charge in [0.05, 0.1) is 17.1 Å². The van der Waals surface area contributed by atoms with E-state index in [-0.39, 0.29) is 0 Å². The molecule has 1 unspecified atom stereocenters. The molecule has 0 amide bonds. The Morgan fingerprint density at radius 2 is 2.25 bits per heavy atom. The molecule has 2 aromatic heterocycles. The molecule has 2 heterocycles. The fourth-order valence-electron chi connectivity index (χ4n) is 1.34. The highest BCUT2D eigenvalue weighted by Crippen LogP contribution is 2.31. The van der Waals surface area contributed by atoms with Gasteiger partial charge in [-0.3, -0.25) is 4.98 Å². The van der Waals surface area contributed by atoms with Crippen molar-refractivity contribution in [2.45, 2.75) is 6.10 Å². The third-order valence-corrected chi connectivity index (χ3v) is 3.83. The van der Waals surface area contributed by atoms with Gasteiger partial charge in [0.2, 0.25) is 0 Å². The molecule has 0 fully saturated rings. The van der Waals surface area contributed by atoms with Gasteiger partial charge in [-0.15, -0.1) is 11.3 Å². The van der Waals surface area contributed by atoms with Crippen molar-refractivity contribution in [1.82, 2.24) is 4.98 Å². The average Bonchev–Trinajstić information content (AvgIpc) is 2.75. The van der Waals surface area contributed by atoms with Crippen LogP contribution in [0.3, 0.4) is 0 Å². The van der Waals surface area contributed by atoms with Crippen LogP contribution in [0.5, 0.6) is 5.75 Å². The second-order valence-electron chi connectivity index (χ2n) is 3.20. The number of methoxy groups -OCH3 is 1. The minimum absolute atomic E-state index is 0.646. The van der Waals surface area contributed by atoms with Crippen LogP contribution < -0.4 is 4.74 Å². The molecule has 0 bridgehead atoms. The first-order valence-corrected chi connectivity index (χ1v) is 6.24. The Labute approximate surface area is 106 Å². The first-order chi connectivity index (χ1) is 7.70. The van der Waals surface area contributed by atoms with E-state index in [1.165, 1.54) is 11.3 Å². The van der Waals surface area contributed by atoms with Crippen LogP contribution in [0.15, 0.2) is 34.4 Å². The van der Waals surface area contributed by atoms with E-state index in [9.17, 15) is 5.11 Å². The molecule has 1 atom stereocenters. The van der Waals surface area contributed by atoms with Crippen molar-refractivity contribution in [3.63, 3.8) is 0 Å². The van der Waals surface area contributed by atoms with Gasteiger partial charge in [0.1, 0.15) is 11.9 Å². The number of aliphatic hydroxyl groups is 1. The minimum Gasteiger partial charge on any atom is -0.495 e. The summed E-state index contributed by atoms with van der Waals surface area (Å²) in [5.74, 6) is 0.646. The predicted molar refractivity (Wildman–Crippen MR) is 66.9 cm³/mol. The fraction of sp³-hybridized carbons (Fsp3) is 0.182. The molecule has 5 heteroatoms. The van der Waals surface area contributed by atoms with Crippen molar-refractivity contribution in [2.24, 2.45) is 0 Å². The first-order valence-electron chi connectivity index (χ1n) is 4.63. The zero-order valence-electron chi connectivity index (χ0n) is 8.55. The maximum Gasteiger partial charge on any atom is 0.137 e. The highest BCUT2D eigenvalue weighted by molar-refractivity contribution is 9.11. The van der Waals surface area contributed by atoms with E-state index in [1.807, 2.05) is 12.1 Å². The molecule has 1 N–H and O–H groups in total. The molecule has 84 valence electrons. The number of thiophene rings is 1. The fourth-order valence-corrected chi connectivity index (χ4v) is 2.77. The smallest absolute Gasteiger partial charge is 0.137 e. The Bertz CT molecular complexity index is 486. The highest BCUT2D eigenvalue weighted by Gasteiger charge is 2.13. The summed E-state index contributed by atoms with van der Waals surface area (Å²) in [5, 5.41) is 10.1. The van der Waals surface area contributed by atoms with Crippen LogP contribution >= 0.6 is 27.3 Å². The molecular formula is C11H10BrNO2S. The zero-order valence-corrected chi connectivity index (χ0v) is 11.0. The molecule has 2 rings (SSSR count). The summed E-state index contributed by atoms with van der Waals surface area (Å²) in [7, 11) is 1.58. The van der Waals surface area contributed by atoms with E-state index >= 15 is 0 Å². The molecular weight excluding hydrogens is 290 g/mol. The molecule has 0 saturated heterocycles. The lowest BCUT2D eigenvalue weighted by atomic mass is 10.1. The Kier molecular flexibility index (Phi) is 3.58. The van der Waals surface area contributed by atoms with Crippen LogP contribution in [-0.2, 0) is 0 Å². The van der Waals surface area contributed by atoms with Crippen molar-refractivity contribution in [1.29, 1.82) is 0 Å². The number of aliphatic hydroxyl groups excluding tert-OH is 1. The Morgan fingerprint density at radius 3 is 2.88 bits per heavy atom. The van der Waals surface area contributed by atoms with Crippen molar-refractivity contribution >= 4 is 27.3 Å². The minimum atomic E-state index is -0.654.